The first-order chi connectivity index (χ1) is 8.11. The maximum absolute atomic E-state index is 10.8. The molecule has 1 aromatic carbocycles. The van der Waals surface area contributed by atoms with E-state index in [9.17, 15) is 15.2 Å². The number of nitro groups is 1. The summed E-state index contributed by atoms with van der Waals surface area (Å²) in [6.07, 6.45) is 0. The molecule has 0 heterocycles. The fourth-order valence-corrected chi connectivity index (χ4v) is 2.10. The van der Waals surface area contributed by atoms with Crippen LogP contribution in [0.5, 0.6) is 0 Å². The monoisotopic (exact) mass is 272 g/mol. The Morgan fingerprint density at radius 3 is 2.50 bits per heavy atom. The Morgan fingerprint density at radius 2 is 2.06 bits per heavy atom. The fourth-order valence-electron chi connectivity index (χ4n) is 1.87. The van der Waals surface area contributed by atoms with Gasteiger partial charge in [0.05, 0.1) is 10.5 Å². The zero-order valence-corrected chi connectivity index (χ0v) is 11.7. The van der Waals surface area contributed by atoms with Gasteiger partial charge in [0.2, 0.25) is 0 Å². The van der Waals surface area contributed by atoms with E-state index in [1.54, 1.807) is 26.8 Å². The lowest BCUT2D eigenvalue weighted by atomic mass is 10.1. The molecule has 0 atom stereocenters. The first-order valence-corrected chi connectivity index (χ1v) is 5.87. The number of hydrogen-bond donors (Lipinski definition) is 1. The average molecular weight is 273 g/mol. The third-order valence-corrected chi connectivity index (χ3v) is 2.80. The third kappa shape index (κ3) is 3.58. The highest BCUT2D eigenvalue weighted by Crippen LogP contribution is 2.32. The summed E-state index contributed by atoms with van der Waals surface area (Å²) in [5.74, 6) is 0. The molecule has 1 aromatic rings. The SMILES string of the molecule is Cc1cc([N+](=O)[O-])c(Cl)cc1N(C)CC(C)(C)O. The van der Waals surface area contributed by atoms with Crippen molar-refractivity contribution in [1.82, 2.24) is 0 Å². The fraction of sp³-hybridized carbons (Fsp3) is 0.500. The molecule has 0 aliphatic carbocycles. The number of aryl methyl sites for hydroxylation is 1. The zero-order chi connectivity index (χ0) is 14.1. The van der Waals surface area contributed by atoms with Crippen LogP contribution in [0.3, 0.4) is 0 Å². The van der Waals surface area contributed by atoms with Gasteiger partial charge in [-0.2, -0.15) is 0 Å². The van der Waals surface area contributed by atoms with E-state index in [2.05, 4.69) is 0 Å². The number of likely N-dealkylation sites (N-methyl/N-ethyl adjacent to an activating group) is 1. The highest BCUT2D eigenvalue weighted by molar-refractivity contribution is 6.33. The van der Waals surface area contributed by atoms with Crippen LogP contribution < -0.4 is 4.90 Å². The molecule has 0 amide bonds. The molecule has 0 radical (unpaired) electrons. The second-order valence-electron chi connectivity index (χ2n) is 5.02. The van der Waals surface area contributed by atoms with Gasteiger partial charge in [0.15, 0.2) is 0 Å². The maximum Gasteiger partial charge on any atom is 0.288 e. The van der Waals surface area contributed by atoms with Crippen LogP contribution in [0.15, 0.2) is 12.1 Å². The van der Waals surface area contributed by atoms with E-state index in [1.165, 1.54) is 6.07 Å². The Hall–Kier alpha value is -1.33. The van der Waals surface area contributed by atoms with Gasteiger partial charge in [0.25, 0.3) is 5.69 Å². The first kappa shape index (κ1) is 14.7. The predicted octanol–water partition coefficient (Wildman–Crippen LogP) is 2.76. The van der Waals surface area contributed by atoms with Crippen molar-refractivity contribution < 1.29 is 10.0 Å². The molecule has 100 valence electrons. The van der Waals surface area contributed by atoms with E-state index in [1.807, 2.05) is 11.9 Å². The van der Waals surface area contributed by atoms with E-state index in [4.69, 9.17) is 11.6 Å². The summed E-state index contributed by atoms with van der Waals surface area (Å²) in [4.78, 5) is 12.1. The summed E-state index contributed by atoms with van der Waals surface area (Å²) in [6, 6.07) is 3.00. The maximum atomic E-state index is 10.8. The van der Waals surface area contributed by atoms with Crippen molar-refractivity contribution in [2.45, 2.75) is 26.4 Å². The van der Waals surface area contributed by atoms with Crippen LogP contribution in [-0.2, 0) is 0 Å². The standard InChI is InChI=1S/C12H17ClN2O3/c1-8-5-11(15(17)18)9(13)6-10(8)14(4)7-12(2,3)16/h5-6,16H,7H2,1-4H3. The van der Waals surface area contributed by atoms with Crippen LogP contribution in [0, 0.1) is 17.0 Å². The first-order valence-electron chi connectivity index (χ1n) is 5.50. The topological polar surface area (TPSA) is 66.6 Å². The third-order valence-electron chi connectivity index (χ3n) is 2.50. The van der Waals surface area contributed by atoms with E-state index >= 15 is 0 Å². The van der Waals surface area contributed by atoms with Crippen LogP contribution in [0.4, 0.5) is 11.4 Å². The number of anilines is 1. The number of hydrogen-bond acceptors (Lipinski definition) is 4. The van der Waals surface area contributed by atoms with Crippen molar-refractivity contribution in [3.05, 3.63) is 32.8 Å². The van der Waals surface area contributed by atoms with Gasteiger partial charge in [0, 0.05) is 25.3 Å². The van der Waals surface area contributed by atoms with E-state index in [-0.39, 0.29) is 10.7 Å². The minimum Gasteiger partial charge on any atom is -0.389 e. The highest BCUT2D eigenvalue weighted by atomic mass is 35.5. The largest absolute Gasteiger partial charge is 0.389 e. The second-order valence-corrected chi connectivity index (χ2v) is 5.42. The molecule has 6 heteroatoms. The molecule has 0 fully saturated rings. The molecule has 0 bridgehead atoms. The van der Waals surface area contributed by atoms with Gasteiger partial charge in [0.1, 0.15) is 5.02 Å². The van der Waals surface area contributed by atoms with Crippen molar-refractivity contribution in [3.63, 3.8) is 0 Å². The number of aliphatic hydroxyl groups is 1. The van der Waals surface area contributed by atoms with Crippen LogP contribution in [-0.4, -0.2) is 29.2 Å². The van der Waals surface area contributed by atoms with Crippen LogP contribution in [0.1, 0.15) is 19.4 Å². The van der Waals surface area contributed by atoms with E-state index in [0.29, 0.717) is 6.54 Å². The van der Waals surface area contributed by atoms with Crippen molar-refractivity contribution in [2.24, 2.45) is 0 Å². The Morgan fingerprint density at radius 1 is 1.50 bits per heavy atom. The number of nitro benzene ring substituents is 1. The number of benzene rings is 1. The van der Waals surface area contributed by atoms with Crippen molar-refractivity contribution in [1.29, 1.82) is 0 Å². The lowest BCUT2D eigenvalue weighted by Crippen LogP contribution is -2.36. The molecule has 0 saturated carbocycles. The molecular weight excluding hydrogens is 256 g/mol. The quantitative estimate of drug-likeness (QED) is 0.676. The molecule has 0 aliphatic rings. The molecule has 1 rings (SSSR count). The Labute approximate surface area is 111 Å². The van der Waals surface area contributed by atoms with E-state index < -0.39 is 10.5 Å². The van der Waals surface area contributed by atoms with Gasteiger partial charge in [-0.3, -0.25) is 10.1 Å². The minimum absolute atomic E-state index is 0.100. The van der Waals surface area contributed by atoms with Crippen molar-refractivity contribution >= 4 is 23.0 Å². The van der Waals surface area contributed by atoms with Crippen LogP contribution in [0.2, 0.25) is 5.02 Å². The number of nitrogens with zero attached hydrogens (tertiary/aromatic N) is 2. The summed E-state index contributed by atoms with van der Waals surface area (Å²) >= 11 is 5.88. The molecule has 0 unspecified atom stereocenters. The average Bonchev–Trinajstić information content (AvgIpc) is 2.17. The lowest BCUT2D eigenvalue weighted by Gasteiger charge is -2.28. The lowest BCUT2D eigenvalue weighted by molar-refractivity contribution is -0.384. The van der Waals surface area contributed by atoms with Crippen LogP contribution >= 0.6 is 11.6 Å². The summed E-state index contributed by atoms with van der Waals surface area (Å²) in [6.45, 7) is 5.58. The molecule has 18 heavy (non-hydrogen) atoms. The molecule has 5 nitrogen and oxygen atoms in total. The van der Waals surface area contributed by atoms with Gasteiger partial charge in [-0.15, -0.1) is 0 Å². The minimum atomic E-state index is -0.852. The van der Waals surface area contributed by atoms with Gasteiger partial charge in [-0.25, -0.2) is 0 Å². The molecule has 0 spiro atoms. The van der Waals surface area contributed by atoms with Crippen molar-refractivity contribution in [3.8, 4) is 0 Å². The normalized spacial score (nSPS) is 11.4. The molecular formula is C12H17ClN2O3. The molecule has 0 aliphatic heterocycles. The smallest absolute Gasteiger partial charge is 0.288 e. The summed E-state index contributed by atoms with van der Waals surface area (Å²) in [5, 5.41) is 20.6. The number of halogens is 1. The summed E-state index contributed by atoms with van der Waals surface area (Å²) < 4.78 is 0. The number of rotatable bonds is 4. The van der Waals surface area contributed by atoms with Gasteiger partial charge in [-0.1, -0.05) is 11.6 Å². The zero-order valence-electron chi connectivity index (χ0n) is 10.9. The van der Waals surface area contributed by atoms with Gasteiger partial charge in [-0.05, 0) is 32.4 Å². The van der Waals surface area contributed by atoms with E-state index in [0.717, 1.165) is 11.3 Å². The van der Waals surface area contributed by atoms with Crippen LogP contribution in [0.25, 0.3) is 0 Å². The summed E-state index contributed by atoms with van der Waals surface area (Å²) in [5.41, 5.74) is 0.565. The Kier molecular flexibility index (Phi) is 4.19. The second kappa shape index (κ2) is 5.12. The highest BCUT2D eigenvalue weighted by Gasteiger charge is 2.20. The van der Waals surface area contributed by atoms with Gasteiger partial charge < -0.3 is 10.0 Å². The molecule has 0 saturated heterocycles. The predicted molar refractivity (Wildman–Crippen MR) is 72.4 cm³/mol. The van der Waals surface area contributed by atoms with Crippen molar-refractivity contribution in [2.75, 3.05) is 18.5 Å². The Balaban J connectivity index is 3.12. The van der Waals surface area contributed by atoms with Gasteiger partial charge >= 0.3 is 0 Å². The Bertz CT molecular complexity index is 469. The summed E-state index contributed by atoms with van der Waals surface area (Å²) in [7, 11) is 1.81. The molecule has 0 aromatic heterocycles. The molecule has 1 N–H and O–H groups in total.